The van der Waals surface area contributed by atoms with Gasteiger partial charge in [-0.1, -0.05) is 18.2 Å². The molecule has 1 aromatic rings. The van der Waals surface area contributed by atoms with Crippen LogP contribution in [-0.2, 0) is 0 Å². The first-order chi connectivity index (χ1) is 7.18. The van der Waals surface area contributed by atoms with E-state index in [4.69, 9.17) is 0 Å². The number of hydrogen-bond donors (Lipinski definition) is 1. The van der Waals surface area contributed by atoms with Crippen LogP contribution >= 0.6 is 0 Å². The van der Waals surface area contributed by atoms with E-state index < -0.39 is 6.61 Å². The van der Waals surface area contributed by atoms with E-state index in [2.05, 4.69) is 10.1 Å². The van der Waals surface area contributed by atoms with E-state index in [9.17, 15) is 8.78 Å². The molecule has 1 aromatic carbocycles. The molecule has 2 nitrogen and oxygen atoms in total. The van der Waals surface area contributed by atoms with Crippen LogP contribution in [0, 0.1) is 6.92 Å². The van der Waals surface area contributed by atoms with Crippen molar-refractivity contribution in [2.24, 2.45) is 0 Å². The molecule has 1 heterocycles. The van der Waals surface area contributed by atoms with E-state index in [0.717, 1.165) is 24.1 Å². The first-order valence-corrected chi connectivity index (χ1v) is 4.96. The zero-order chi connectivity index (χ0) is 10.8. The molecule has 0 aliphatic carbocycles. The fourth-order valence-electron chi connectivity index (χ4n) is 1.75. The van der Waals surface area contributed by atoms with Crippen LogP contribution in [0.2, 0.25) is 0 Å². The normalized spacial score (nSPS) is 20.1. The Labute approximate surface area is 87.2 Å². The minimum atomic E-state index is -2.76. The van der Waals surface area contributed by atoms with Crippen molar-refractivity contribution in [2.45, 2.75) is 26.0 Å². The summed E-state index contributed by atoms with van der Waals surface area (Å²) < 4.78 is 29.0. The van der Waals surface area contributed by atoms with E-state index in [1.54, 1.807) is 13.0 Å². The maximum absolute atomic E-state index is 12.2. The highest BCUT2D eigenvalue weighted by Gasteiger charge is 2.24. The highest BCUT2D eigenvalue weighted by molar-refractivity contribution is 5.43. The lowest BCUT2D eigenvalue weighted by atomic mass is 9.95. The Morgan fingerprint density at radius 1 is 1.47 bits per heavy atom. The third-order valence-electron chi connectivity index (χ3n) is 2.65. The summed E-state index contributed by atoms with van der Waals surface area (Å²) in [5.74, 6) is 0.324. The summed E-state index contributed by atoms with van der Waals surface area (Å²) in [5.41, 5.74) is 1.59. The van der Waals surface area contributed by atoms with Gasteiger partial charge in [-0.2, -0.15) is 8.78 Å². The van der Waals surface area contributed by atoms with Crippen molar-refractivity contribution in [1.29, 1.82) is 0 Å². The Morgan fingerprint density at radius 3 is 2.73 bits per heavy atom. The van der Waals surface area contributed by atoms with E-state index in [-0.39, 0.29) is 6.04 Å². The van der Waals surface area contributed by atoms with Crippen molar-refractivity contribution in [3.8, 4) is 5.75 Å². The van der Waals surface area contributed by atoms with Crippen molar-refractivity contribution in [3.05, 3.63) is 29.3 Å². The molecule has 1 aliphatic heterocycles. The molecule has 0 radical (unpaired) electrons. The molecular formula is C11H13F2NO. The summed E-state index contributed by atoms with van der Waals surface area (Å²) in [7, 11) is 0. The highest BCUT2D eigenvalue weighted by atomic mass is 19.3. The van der Waals surface area contributed by atoms with Crippen molar-refractivity contribution in [1.82, 2.24) is 5.32 Å². The fraction of sp³-hybridized carbons (Fsp3) is 0.455. The molecule has 0 saturated carbocycles. The molecule has 0 spiro atoms. The van der Waals surface area contributed by atoms with Gasteiger partial charge < -0.3 is 10.1 Å². The van der Waals surface area contributed by atoms with Crippen LogP contribution in [-0.4, -0.2) is 13.2 Å². The maximum Gasteiger partial charge on any atom is 0.387 e. The second kappa shape index (κ2) is 4.14. The average molecular weight is 213 g/mol. The van der Waals surface area contributed by atoms with Gasteiger partial charge in [-0.05, 0) is 25.5 Å². The van der Waals surface area contributed by atoms with Crippen LogP contribution in [0.4, 0.5) is 8.78 Å². The number of benzene rings is 1. The number of para-hydroxylation sites is 1. The van der Waals surface area contributed by atoms with E-state index in [0.29, 0.717) is 5.75 Å². The van der Waals surface area contributed by atoms with Gasteiger partial charge >= 0.3 is 6.61 Å². The van der Waals surface area contributed by atoms with Crippen molar-refractivity contribution in [2.75, 3.05) is 6.54 Å². The van der Waals surface area contributed by atoms with Gasteiger partial charge in [0.15, 0.2) is 0 Å². The molecule has 1 atom stereocenters. The van der Waals surface area contributed by atoms with Crippen LogP contribution in [0.5, 0.6) is 5.75 Å². The van der Waals surface area contributed by atoms with Gasteiger partial charge in [0.2, 0.25) is 0 Å². The molecule has 1 unspecified atom stereocenters. The largest absolute Gasteiger partial charge is 0.434 e. The van der Waals surface area contributed by atoms with Crippen molar-refractivity contribution in [3.63, 3.8) is 0 Å². The molecule has 0 amide bonds. The molecule has 1 N–H and O–H groups in total. The number of halogens is 2. The van der Waals surface area contributed by atoms with Gasteiger partial charge in [0.05, 0.1) is 0 Å². The molecule has 1 saturated heterocycles. The first kappa shape index (κ1) is 10.4. The zero-order valence-electron chi connectivity index (χ0n) is 8.47. The van der Waals surface area contributed by atoms with Gasteiger partial charge in [-0.25, -0.2) is 0 Å². The summed E-state index contributed by atoms with van der Waals surface area (Å²) >= 11 is 0. The summed E-state index contributed by atoms with van der Waals surface area (Å²) in [5, 5.41) is 3.18. The second-order valence-electron chi connectivity index (χ2n) is 3.67. The van der Waals surface area contributed by atoms with Gasteiger partial charge in [0, 0.05) is 11.6 Å². The predicted molar refractivity (Wildman–Crippen MR) is 53.2 cm³/mol. The van der Waals surface area contributed by atoms with Gasteiger partial charge in [-0.15, -0.1) is 0 Å². The summed E-state index contributed by atoms with van der Waals surface area (Å²) in [4.78, 5) is 0. The lowest BCUT2D eigenvalue weighted by Gasteiger charge is -2.30. The van der Waals surface area contributed by atoms with Gasteiger partial charge in [-0.3, -0.25) is 0 Å². The van der Waals surface area contributed by atoms with E-state index in [1.165, 1.54) is 0 Å². The molecule has 0 aromatic heterocycles. The number of ether oxygens (including phenoxy) is 1. The Morgan fingerprint density at radius 2 is 2.20 bits per heavy atom. The monoisotopic (exact) mass is 213 g/mol. The molecule has 0 bridgehead atoms. The van der Waals surface area contributed by atoms with Crippen molar-refractivity contribution < 1.29 is 13.5 Å². The van der Waals surface area contributed by atoms with Crippen molar-refractivity contribution >= 4 is 0 Å². The minimum absolute atomic E-state index is 0.165. The fourth-order valence-corrected chi connectivity index (χ4v) is 1.75. The smallest absolute Gasteiger partial charge is 0.387 e. The summed E-state index contributed by atoms with van der Waals surface area (Å²) in [6.45, 7) is -0.0444. The lowest BCUT2D eigenvalue weighted by molar-refractivity contribution is -0.0513. The average Bonchev–Trinajstić information content (AvgIpc) is 2.07. The zero-order valence-corrected chi connectivity index (χ0v) is 8.47. The molecule has 82 valence electrons. The van der Waals surface area contributed by atoms with E-state index >= 15 is 0 Å². The predicted octanol–water partition coefficient (Wildman–Crippen LogP) is 2.63. The topological polar surface area (TPSA) is 21.3 Å². The maximum atomic E-state index is 12.2. The SMILES string of the molecule is Cc1cccc(C2CCN2)c1OC(F)F. The first-order valence-electron chi connectivity index (χ1n) is 4.96. The Kier molecular flexibility index (Phi) is 2.86. The van der Waals surface area contributed by atoms with E-state index in [1.807, 2.05) is 12.1 Å². The number of nitrogens with one attached hydrogen (secondary N) is 1. The Hall–Kier alpha value is -1.16. The quantitative estimate of drug-likeness (QED) is 0.833. The molecule has 1 fully saturated rings. The standard InChI is InChI=1S/C11H13F2NO/c1-7-3-2-4-8(9-5-6-14-9)10(7)15-11(12)13/h2-4,9,11,14H,5-6H2,1H3. The molecular weight excluding hydrogens is 200 g/mol. The number of aryl methyl sites for hydroxylation is 1. The Balaban J connectivity index is 2.30. The molecule has 4 heteroatoms. The molecule has 2 rings (SSSR count). The number of hydrogen-bond acceptors (Lipinski definition) is 2. The van der Waals surface area contributed by atoms with Crippen LogP contribution < -0.4 is 10.1 Å². The number of rotatable bonds is 3. The van der Waals surface area contributed by atoms with Gasteiger partial charge in [0.25, 0.3) is 0 Å². The third kappa shape index (κ3) is 2.09. The summed E-state index contributed by atoms with van der Waals surface area (Å²) in [6, 6.07) is 5.64. The number of alkyl halides is 2. The minimum Gasteiger partial charge on any atom is -0.434 e. The third-order valence-corrected chi connectivity index (χ3v) is 2.65. The van der Waals surface area contributed by atoms with Gasteiger partial charge in [0.1, 0.15) is 5.75 Å². The van der Waals surface area contributed by atoms with Crippen LogP contribution in [0.25, 0.3) is 0 Å². The molecule has 1 aliphatic rings. The Bertz CT molecular complexity index is 350. The molecule has 15 heavy (non-hydrogen) atoms. The highest BCUT2D eigenvalue weighted by Crippen LogP contribution is 2.34. The second-order valence-corrected chi connectivity index (χ2v) is 3.67. The summed E-state index contributed by atoms with van der Waals surface area (Å²) in [6.07, 6.45) is 0.975. The lowest BCUT2D eigenvalue weighted by Crippen LogP contribution is -2.35. The van der Waals surface area contributed by atoms with Crippen LogP contribution in [0.15, 0.2) is 18.2 Å². The van der Waals surface area contributed by atoms with Crippen LogP contribution in [0.3, 0.4) is 0 Å². The van der Waals surface area contributed by atoms with Crippen LogP contribution in [0.1, 0.15) is 23.6 Å².